The van der Waals surface area contributed by atoms with Crippen LogP contribution in [0.5, 0.6) is 0 Å². The second kappa shape index (κ2) is 4.05. The number of hydrogen-bond donors (Lipinski definition) is 1. The van der Waals surface area contributed by atoms with Crippen molar-refractivity contribution < 1.29 is 9.47 Å². The lowest BCUT2D eigenvalue weighted by molar-refractivity contribution is -0.0334. The van der Waals surface area contributed by atoms with Crippen LogP contribution < -0.4 is 6.15 Å². The van der Waals surface area contributed by atoms with Gasteiger partial charge in [-0.1, -0.05) is 0 Å². The van der Waals surface area contributed by atoms with Crippen molar-refractivity contribution in [1.82, 2.24) is 6.15 Å². The van der Waals surface area contributed by atoms with E-state index in [1.807, 2.05) is 0 Å². The molecule has 0 radical (unpaired) electrons. The van der Waals surface area contributed by atoms with Crippen molar-refractivity contribution >= 4 is 0 Å². The van der Waals surface area contributed by atoms with Crippen molar-refractivity contribution in [3.8, 4) is 0 Å². The number of hydrogen-bond acceptors (Lipinski definition) is 3. The molecule has 1 saturated heterocycles. The molecular formula is C4H11NO2. The predicted octanol–water partition coefficient (Wildman–Crippen LogP) is 0.195. The van der Waals surface area contributed by atoms with Gasteiger partial charge in [-0.2, -0.15) is 0 Å². The first-order valence-electron chi connectivity index (χ1n) is 2.15. The molecule has 0 spiro atoms. The number of ether oxygens (including phenoxy) is 2. The molecule has 3 nitrogen and oxygen atoms in total. The van der Waals surface area contributed by atoms with Gasteiger partial charge in [0, 0.05) is 0 Å². The van der Waals surface area contributed by atoms with Crippen LogP contribution in [0.25, 0.3) is 0 Å². The van der Waals surface area contributed by atoms with E-state index in [0.717, 1.165) is 26.4 Å². The highest BCUT2D eigenvalue weighted by Crippen LogP contribution is 1.85. The van der Waals surface area contributed by atoms with Gasteiger partial charge in [0.2, 0.25) is 0 Å². The molecule has 0 atom stereocenters. The minimum Gasteiger partial charge on any atom is -0.377 e. The summed E-state index contributed by atoms with van der Waals surface area (Å²) >= 11 is 0. The first kappa shape index (κ1) is 6.88. The maximum absolute atomic E-state index is 4.94. The molecule has 7 heavy (non-hydrogen) atoms. The molecule has 0 aromatic heterocycles. The average Bonchev–Trinajstić information content (AvgIpc) is 1.72. The molecule has 1 aliphatic heterocycles. The fourth-order valence-electron chi connectivity index (χ4n) is 0.440. The summed E-state index contributed by atoms with van der Waals surface area (Å²) in [5.74, 6) is 0. The first-order valence-corrected chi connectivity index (χ1v) is 2.15. The largest absolute Gasteiger partial charge is 0.377 e. The van der Waals surface area contributed by atoms with E-state index >= 15 is 0 Å². The zero-order chi connectivity index (χ0) is 4.24. The van der Waals surface area contributed by atoms with Crippen molar-refractivity contribution in [2.75, 3.05) is 26.4 Å². The van der Waals surface area contributed by atoms with E-state index in [4.69, 9.17) is 9.47 Å². The second-order valence-electron chi connectivity index (χ2n) is 1.22. The zero-order valence-electron chi connectivity index (χ0n) is 4.35. The van der Waals surface area contributed by atoms with Crippen LogP contribution in [0.1, 0.15) is 0 Å². The summed E-state index contributed by atoms with van der Waals surface area (Å²) in [5.41, 5.74) is 0. The van der Waals surface area contributed by atoms with Crippen molar-refractivity contribution in [2.24, 2.45) is 0 Å². The molecule has 0 amide bonds. The van der Waals surface area contributed by atoms with Gasteiger partial charge < -0.3 is 15.6 Å². The molecule has 0 saturated carbocycles. The third kappa shape index (κ3) is 2.56. The first-order chi connectivity index (χ1) is 3.00. The Morgan fingerprint density at radius 2 is 1.00 bits per heavy atom. The van der Waals surface area contributed by atoms with Gasteiger partial charge in [-0.15, -0.1) is 0 Å². The monoisotopic (exact) mass is 105 g/mol. The molecule has 1 fully saturated rings. The lowest BCUT2D eigenvalue weighted by Gasteiger charge is -2.09. The minimum atomic E-state index is 0. The maximum atomic E-state index is 4.94. The highest BCUT2D eigenvalue weighted by molar-refractivity contribution is 4.37. The van der Waals surface area contributed by atoms with Crippen molar-refractivity contribution in [1.29, 1.82) is 0 Å². The van der Waals surface area contributed by atoms with Crippen LogP contribution in [0.2, 0.25) is 0 Å². The Hall–Kier alpha value is -0.120. The summed E-state index contributed by atoms with van der Waals surface area (Å²) in [7, 11) is 0. The fraction of sp³-hybridized carbons (Fsp3) is 1.00. The van der Waals surface area contributed by atoms with Crippen LogP contribution in [-0.4, -0.2) is 26.4 Å². The summed E-state index contributed by atoms with van der Waals surface area (Å²) in [4.78, 5) is 0. The molecule has 1 heterocycles. The van der Waals surface area contributed by atoms with E-state index in [1.165, 1.54) is 0 Å². The van der Waals surface area contributed by atoms with Gasteiger partial charge in [0.25, 0.3) is 0 Å². The highest BCUT2D eigenvalue weighted by Gasteiger charge is 1.94. The second-order valence-corrected chi connectivity index (χ2v) is 1.22. The Kier molecular flexibility index (Phi) is 3.98. The minimum absolute atomic E-state index is 0. The number of rotatable bonds is 0. The summed E-state index contributed by atoms with van der Waals surface area (Å²) in [6.45, 7) is 3.11. The van der Waals surface area contributed by atoms with E-state index in [1.54, 1.807) is 0 Å². The van der Waals surface area contributed by atoms with Crippen LogP contribution in [0, 0.1) is 0 Å². The van der Waals surface area contributed by atoms with Crippen LogP contribution in [0.4, 0.5) is 0 Å². The Balaban J connectivity index is 0.000000360. The molecule has 44 valence electrons. The highest BCUT2D eigenvalue weighted by atomic mass is 16.6. The van der Waals surface area contributed by atoms with Gasteiger partial charge in [-0.05, 0) is 0 Å². The molecule has 3 heteroatoms. The van der Waals surface area contributed by atoms with E-state index in [0.29, 0.717) is 0 Å². The van der Waals surface area contributed by atoms with Gasteiger partial charge in [0.15, 0.2) is 0 Å². The van der Waals surface area contributed by atoms with Crippen molar-refractivity contribution in [2.45, 2.75) is 0 Å². The molecule has 0 aromatic rings. The summed E-state index contributed by atoms with van der Waals surface area (Å²) in [5, 5.41) is 0. The van der Waals surface area contributed by atoms with E-state index in [-0.39, 0.29) is 6.15 Å². The Morgan fingerprint density at radius 1 is 0.714 bits per heavy atom. The molecule has 1 rings (SSSR count). The molecule has 1 aliphatic rings. The molecule has 0 aliphatic carbocycles. The Labute approximate surface area is 43.2 Å². The molecule has 3 N–H and O–H groups in total. The third-order valence-corrected chi connectivity index (χ3v) is 0.744. The fourth-order valence-corrected chi connectivity index (χ4v) is 0.440. The summed E-state index contributed by atoms with van der Waals surface area (Å²) in [6.07, 6.45) is 0. The summed E-state index contributed by atoms with van der Waals surface area (Å²) < 4.78 is 9.89. The van der Waals surface area contributed by atoms with Gasteiger partial charge >= 0.3 is 0 Å². The van der Waals surface area contributed by atoms with Crippen LogP contribution in [0.3, 0.4) is 0 Å². The lowest BCUT2D eigenvalue weighted by atomic mass is 10.6. The van der Waals surface area contributed by atoms with Gasteiger partial charge in [0.1, 0.15) is 0 Å². The van der Waals surface area contributed by atoms with Gasteiger partial charge in [0.05, 0.1) is 26.4 Å². The lowest BCUT2D eigenvalue weighted by Crippen LogP contribution is -2.16. The normalized spacial score (nSPS) is 20.6. The van der Waals surface area contributed by atoms with E-state index in [2.05, 4.69) is 0 Å². The molecular weight excluding hydrogens is 94.0 g/mol. The molecule has 0 bridgehead atoms. The summed E-state index contributed by atoms with van der Waals surface area (Å²) in [6, 6.07) is 0. The van der Waals surface area contributed by atoms with Crippen molar-refractivity contribution in [3.05, 3.63) is 0 Å². The quantitative estimate of drug-likeness (QED) is 0.478. The van der Waals surface area contributed by atoms with Gasteiger partial charge in [-0.3, -0.25) is 0 Å². The van der Waals surface area contributed by atoms with Crippen LogP contribution >= 0.6 is 0 Å². The van der Waals surface area contributed by atoms with Crippen molar-refractivity contribution in [3.63, 3.8) is 0 Å². The predicted molar refractivity (Wildman–Crippen MR) is 26.7 cm³/mol. The van der Waals surface area contributed by atoms with Crippen LogP contribution in [-0.2, 0) is 9.47 Å². The topological polar surface area (TPSA) is 53.5 Å². The SMILES string of the molecule is C1COCCO1.N. The van der Waals surface area contributed by atoms with E-state index < -0.39 is 0 Å². The van der Waals surface area contributed by atoms with Gasteiger partial charge in [-0.25, -0.2) is 0 Å². The third-order valence-electron chi connectivity index (χ3n) is 0.744. The van der Waals surface area contributed by atoms with E-state index in [9.17, 15) is 0 Å². The maximum Gasteiger partial charge on any atom is 0.0701 e. The molecule has 0 aromatic carbocycles. The van der Waals surface area contributed by atoms with Crippen LogP contribution in [0.15, 0.2) is 0 Å². The average molecular weight is 105 g/mol. The Morgan fingerprint density at radius 3 is 1.14 bits per heavy atom. The zero-order valence-corrected chi connectivity index (χ0v) is 4.35. The molecule has 0 unspecified atom stereocenters. The Bertz CT molecular complexity index is 25.2. The smallest absolute Gasteiger partial charge is 0.0701 e. The standard InChI is InChI=1S/C4H8O2.H3N/c1-2-6-4-3-5-1;/h1-4H2;1H3.